The first-order valence-electron chi connectivity index (χ1n) is 10.9. The zero-order valence-electron chi connectivity index (χ0n) is 18.7. The van der Waals surface area contributed by atoms with E-state index in [2.05, 4.69) is 16.0 Å². The number of carbonyl (C=O) groups excluding carboxylic acids is 2. The monoisotopic (exact) mass is 481 g/mol. The Morgan fingerprint density at radius 3 is 1.94 bits per heavy atom. The highest BCUT2D eigenvalue weighted by Gasteiger charge is 2.10. The van der Waals surface area contributed by atoms with Gasteiger partial charge in [0.1, 0.15) is 12.4 Å². The predicted octanol–water partition coefficient (Wildman–Crippen LogP) is 5.64. The molecule has 4 aromatic rings. The van der Waals surface area contributed by atoms with Crippen molar-refractivity contribution < 1.29 is 14.3 Å². The van der Waals surface area contributed by atoms with Crippen molar-refractivity contribution >= 4 is 40.5 Å². The average molecular weight is 482 g/mol. The zero-order valence-corrected chi connectivity index (χ0v) is 19.5. The van der Waals surface area contributed by atoms with Gasteiger partial charge in [-0.3, -0.25) is 14.9 Å². The number of benzene rings is 4. The molecule has 0 saturated heterocycles. The zero-order chi connectivity index (χ0) is 24.5. The lowest BCUT2D eigenvalue weighted by Crippen LogP contribution is -2.34. The maximum absolute atomic E-state index is 12.6. The highest BCUT2D eigenvalue weighted by Crippen LogP contribution is 2.17. The second-order valence-corrected chi connectivity index (χ2v) is 8.02. The number of nitrogens with one attached hydrogen (secondary N) is 3. The molecular formula is C28H23N3O3S. The molecule has 0 fully saturated rings. The third-order valence-electron chi connectivity index (χ3n) is 5.01. The van der Waals surface area contributed by atoms with Gasteiger partial charge in [0, 0.05) is 22.5 Å². The van der Waals surface area contributed by atoms with Gasteiger partial charge in [0.2, 0.25) is 0 Å². The maximum Gasteiger partial charge on any atom is 0.257 e. The minimum absolute atomic E-state index is 0.159. The van der Waals surface area contributed by atoms with Gasteiger partial charge in [-0.2, -0.15) is 0 Å². The van der Waals surface area contributed by atoms with E-state index in [1.807, 2.05) is 48.5 Å². The molecule has 0 aromatic heterocycles. The van der Waals surface area contributed by atoms with Crippen LogP contribution in [-0.2, 0) is 6.61 Å². The van der Waals surface area contributed by atoms with Crippen molar-refractivity contribution in [3.63, 3.8) is 0 Å². The van der Waals surface area contributed by atoms with Crippen molar-refractivity contribution in [1.29, 1.82) is 0 Å². The van der Waals surface area contributed by atoms with E-state index >= 15 is 0 Å². The van der Waals surface area contributed by atoms with E-state index in [4.69, 9.17) is 17.0 Å². The second kappa shape index (κ2) is 11.6. The number of hydrogen-bond donors (Lipinski definition) is 3. The van der Waals surface area contributed by atoms with Crippen LogP contribution in [0.5, 0.6) is 5.75 Å². The number of anilines is 2. The van der Waals surface area contributed by atoms with E-state index < -0.39 is 0 Å². The Labute approximate surface area is 209 Å². The van der Waals surface area contributed by atoms with Crippen molar-refractivity contribution in [2.24, 2.45) is 0 Å². The highest BCUT2D eigenvalue weighted by molar-refractivity contribution is 7.80. The minimum atomic E-state index is -0.348. The molecule has 0 radical (unpaired) electrons. The fourth-order valence-corrected chi connectivity index (χ4v) is 3.45. The molecule has 4 rings (SSSR count). The Balaban J connectivity index is 1.29. The molecule has 174 valence electrons. The Bertz CT molecular complexity index is 1310. The van der Waals surface area contributed by atoms with Crippen molar-refractivity contribution in [2.45, 2.75) is 6.61 Å². The van der Waals surface area contributed by atoms with Crippen molar-refractivity contribution in [3.05, 3.63) is 126 Å². The van der Waals surface area contributed by atoms with E-state index in [0.717, 1.165) is 5.56 Å². The molecule has 6 nitrogen and oxygen atoms in total. The van der Waals surface area contributed by atoms with Gasteiger partial charge in [0.25, 0.3) is 11.8 Å². The molecular weight excluding hydrogens is 458 g/mol. The molecule has 7 heteroatoms. The number of rotatable bonds is 7. The smallest absolute Gasteiger partial charge is 0.257 e. The van der Waals surface area contributed by atoms with Gasteiger partial charge in [0.15, 0.2) is 5.11 Å². The van der Waals surface area contributed by atoms with Gasteiger partial charge in [-0.1, -0.05) is 54.6 Å². The van der Waals surface area contributed by atoms with E-state index in [0.29, 0.717) is 34.9 Å². The van der Waals surface area contributed by atoms with Crippen LogP contribution >= 0.6 is 12.2 Å². The van der Waals surface area contributed by atoms with Crippen molar-refractivity contribution in [3.8, 4) is 5.75 Å². The molecule has 0 heterocycles. The van der Waals surface area contributed by atoms with Crippen LogP contribution in [0.25, 0.3) is 0 Å². The Hall–Kier alpha value is -4.49. The van der Waals surface area contributed by atoms with Crippen LogP contribution in [0.4, 0.5) is 11.4 Å². The van der Waals surface area contributed by atoms with Crippen LogP contribution in [0.3, 0.4) is 0 Å². The summed E-state index contributed by atoms with van der Waals surface area (Å²) in [5.41, 5.74) is 3.37. The molecule has 4 aromatic carbocycles. The summed E-state index contributed by atoms with van der Waals surface area (Å²) < 4.78 is 5.79. The molecule has 2 amide bonds. The maximum atomic E-state index is 12.6. The molecule has 0 aliphatic rings. The third-order valence-corrected chi connectivity index (χ3v) is 5.21. The molecule has 3 N–H and O–H groups in total. The Morgan fingerprint density at radius 2 is 1.26 bits per heavy atom. The molecule has 0 bridgehead atoms. The van der Waals surface area contributed by atoms with Gasteiger partial charge < -0.3 is 15.4 Å². The average Bonchev–Trinajstić information content (AvgIpc) is 2.90. The topological polar surface area (TPSA) is 79.5 Å². The summed E-state index contributed by atoms with van der Waals surface area (Å²) >= 11 is 5.28. The summed E-state index contributed by atoms with van der Waals surface area (Å²) in [5.74, 6) is 0.0528. The van der Waals surface area contributed by atoms with Crippen LogP contribution in [0, 0.1) is 0 Å². The van der Waals surface area contributed by atoms with E-state index in [9.17, 15) is 9.59 Å². The van der Waals surface area contributed by atoms with E-state index in [-0.39, 0.29) is 16.9 Å². The van der Waals surface area contributed by atoms with Crippen molar-refractivity contribution in [2.75, 3.05) is 10.6 Å². The summed E-state index contributed by atoms with van der Waals surface area (Å²) in [5, 5.41) is 8.64. The number of hydrogen-bond acceptors (Lipinski definition) is 4. The lowest BCUT2D eigenvalue weighted by atomic mass is 10.2. The van der Waals surface area contributed by atoms with Crippen LogP contribution in [0.15, 0.2) is 109 Å². The molecule has 0 unspecified atom stereocenters. The molecule has 0 spiro atoms. The third kappa shape index (κ3) is 6.99. The quantitative estimate of drug-likeness (QED) is 0.298. The number of carbonyl (C=O) groups is 2. The normalized spacial score (nSPS) is 10.2. The van der Waals surface area contributed by atoms with Crippen LogP contribution in [0.1, 0.15) is 26.3 Å². The van der Waals surface area contributed by atoms with Crippen LogP contribution < -0.4 is 20.7 Å². The predicted molar refractivity (Wildman–Crippen MR) is 142 cm³/mol. The highest BCUT2D eigenvalue weighted by atomic mass is 32.1. The van der Waals surface area contributed by atoms with Gasteiger partial charge in [0.05, 0.1) is 0 Å². The van der Waals surface area contributed by atoms with Gasteiger partial charge >= 0.3 is 0 Å². The summed E-state index contributed by atoms with van der Waals surface area (Å²) in [7, 11) is 0. The summed E-state index contributed by atoms with van der Waals surface area (Å²) in [6.07, 6.45) is 0. The lowest BCUT2D eigenvalue weighted by Gasteiger charge is -2.12. The van der Waals surface area contributed by atoms with E-state index in [1.54, 1.807) is 60.7 Å². The molecule has 0 aliphatic heterocycles. The number of ether oxygens (including phenoxy) is 1. The SMILES string of the molecule is O=C(NC(=S)Nc1ccc(NC(=O)c2ccccc2)cc1)c1cccc(OCc2ccccc2)c1. The first-order valence-corrected chi connectivity index (χ1v) is 11.3. The molecule has 35 heavy (non-hydrogen) atoms. The van der Waals surface area contributed by atoms with Gasteiger partial charge in [-0.05, 0) is 72.4 Å². The Morgan fingerprint density at radius 1 is 0.657 bits per heavy atom. The summed E-state index contributed by atoms with van der Waals surface area (Å²) in [6.45, 7) is 0.410. The summed E-state index contributed by atoms with van der Waals surface area (Å²) in [6, 6.07) is 32.7. The van der Waals surface area contributed by atoms with Crippen molar-refractivity contribution in [1.82, 2.24) is 5.32 Å². The molecule has 0 atom stereocenters. The first kappa shape index (κ1) is 23.7. The molecule has 0 aliphatic carbocycles. The first-order chi connectivity index (χ1) is 17.1. The van der Waals surface area contributed by atoms with E-state index in [1.165, 1.54) is 0 Å². The van der Waals surface area contributed by atoms with Gasteiger partial charge in [-0.25, -0.2) is 0 Å². The lowest BCUT2D eigenvalue weighted by molar-refractivity contribution is 0.0976. The fourth-order valence-electron chi connectivity index (χ4n) is 3.24. The van der Waals surface area contributed by atoms with Crippen LogP contribution in [-0.4, -0.2) is 16.9 Å². The fraction of sp³-hybridized carbons (Fsp3) is 0.0357. The Kier molecular flexibility index (Phi) is 7.83. The number of amides is 2. The minimum Gasteiger partial charge on any atom is -0.489 e. The standard InChI is InChI=1S/C28H23N3O3S/c32-26(21-10-5-2-6-11-21)29-23-14-16-24(17-15-23)30-28(35)31-27(33)22-12-7-13-25(18-22)34-19-20-8-3-1-4-9-20/h1-18H,19H2,(H,29,32)(H2,30,31,33,35). The second-order valence-electron chi connectivity index (χ2n) is 7.61. The summed E-state index contributed by atoms with van der Waals surface area (Å²) in [4.78, 5) is 24.9. The van der Waals surface area contributed by atoms with Gasteiger partial charge in [-0.15, -0.1) is 0 Å². The molecule has 0 saturated carbocycles. The van der Waals surface area contributed by atoms with Crippen LogP contribution in [0.2, 0.25) is 0 Å². The number of thiocarbonyl (C=S) groups is 1. The largest absolute Gasteiger partial charge is 0.489 e.